The molecule has 2 saturated heterocycles. The third kappa shape index (κ3) is 4.58. The first-order chi connectivity index (χ1) is 15.6. The summed E-state index contributed by atoms with van der Waals surface area (Å²) in [6, 6.07) is 11.6. The minimum Gasteiger partial charge on any atom is -0.378 e. The van der Waals surface area contributed by atoms with Crippen molar-refractivity contribution in [3.8, 4) is 0 Å². The number of ether oxygens (including phenoxy) is 2. The molecule has 0 atom stereocenters. The van der Waals surface area contributed by atoms with E-state index in [9.17, 15) is 8.42 Å². The van der Waals surface area contributed by atoms with Gasteiger partial charge < -0.3 is 19.3 Å². The summed E-state index contributed by atoms with van der Waals surface area (Å²) in [5, 5.41) is 0. The van der Waals surface area contributed by atoms with Crippen LogP contribution in [0, 0.1) is 0 Å². The molecule has 5 rings (SSSR count). The zero-order valence-corrected chi connectivity index (χ0v) is 19.2. The molecule has 0 amide bonds. The van der Waals surface area contributed by atoms with Gasteiger partial charge in [0.15, 0.2) is 0 Å². The Morgan fingerprint density at radius 1 is 0.750 bits per heavy atom. The fourth-order valence-corrected chi connectivity index (χ4v) is 5.90. The van der Waals surface area contributed by atoms with E-state index in [1.807, 2.05) is 24.3 Å². The van der Waals surface area contributed by atoms with Gasteiger partial charge in [0.1, 0.15) is 0 Å². The monoisotopic (exact) mass is 457 g/mol. The molecule has 0 bridgehead atoms. The third-order valence-electron chi connectivity index (χ3n) is 6.58. The molecule has 2 aromatic rings. The van der Waals surface area contributed by atoms with Crippen LogP contribution < -0.4 is 14.5 Å². The molecule has 7 nitrogen and oxygen atoms in total. The molecule has 0 saturated carbocycles. The second-order valence-electron chi connectivity index (χ2n) is 8.64. The maximum atomic E-state index is 13.3. The quantitative estimate of drug-likeness (QED) is 0.744. The predicted octanol–water partition coefficient (Wildman–Crippen LogP) is 3.04. The predicted molar refractivity (Wildman–Crippen MR) is 126 cm³/mol. The summed E-state index contributed by atoms with van der Waals surface area (Å²) in [7, 11) is -3.69. The van der Waals surface area contributed by atoms with Crippen molar-refractivity contribution in [1.29, 1.82) is 0 Å². The molecule has 0 radical (unpaired) electrons. The van der Waals surface area contributed by atoms with Crippen LogP contribution in [0.2, 0.25) is 0 Å². The van der Waals surface area contributed by atoms with E-state index in [1.54, 1.807) is 6.07 Å². The van der Waals surface area contributed by atoms with Crippen LogP contribution in [0.1, 0.15) is 24.0 Å². The zero-order valence-electron chi connectivity index (χ0n) is 18.4. The van der Waals surface area contributed by atoms with Crippen LogP contribution in [0.4, 0.5) is 17.1 Å². The van der Waals surface area contributed by atoms with E-state index in [1.165, 1.54) is 12.0 Å². The molecule has 3 aliphatic rings. The summed E-state index contributed by atoms with van der Waals surface area (Å²) in [4.78, 5) is 4.83. The second kappa shape index (κ2) is 9.29. The van der Waals surface area contributed by atoms with Crippen LogP contribution in [0.3, 0.4) is 0 Å². The molecular formula is C24H31N3O4S. The van der Waals surface area contributed by atoms with Crippen molar-refractivity contribution in [2.45, 2.75) is 30.6 Å². The third-order valence-corrected chi connectivity index (χ3v) is 7.95. The molecule has 32 heavy (non-hydrogen) atoms. The first-order valence-electron chi connectivity index (χ1n) is 11.5. The summed E-state index contributed by atoms with van der Waals surface area (Å²) >= 11 is 0. The SMILES string of the molecule is O=S(=O)(Nc1ccc(N2CCOCC2)cc1N1CCOCC1)c1ccc2c(c1)CCCC2. The number of aryl methyl sites for hydroxylation is 2. The molecule has 0 unspecified atom stereocenters. The lowest BCUT2D eigenvalue weighted by Gasteiger charge is -2.33. The lowest BCUT2D eigenvalue weighted by atomic mass is 9.92. The summed E-state index contributed by atoms with van der Waals surface area (Å²) in [6.45, 7) is 5.84. The Morgan fingerprint density at radius 3 is 2.12 bits per heavy atom. The van der Waals surface area contributed by atoms with Gasteiger partial charge in [0.25, 0.3) is 10.0 Å². The number of nitrogens with one attached hydrogen (secondary N) is 1. The molecule has 0 aromatic heterocycles. The van der Waals surface area contributed by atoms with Crippen LogP contribution in [0.5, 0.6) is 0 Å². The van der Waals surface area contributed by atoms with Crippen molar-refractivity contribution in [3.05, 3.63) is 47.5 Å². The number of rotatable bonds is 5. The lowest BCUT2D eigenvalue weighted by molar-refractivity contribution is 0.122. The highest BCUT2D eigenvalue weighted by atomic mass is 32.2. The average Bonchev–Trinajstić information content (AvgIpc) is 2.85. The van der Waals surface area contributed by atoms with Crippen LogP contribution in [-0.2, 0) is 32.3 Å². The van der Waals surface area contributed by atoms with E-state index in [2.05, 4.69) is 20.6 Å². The summed E-state index contributed by atoms with van der Waals surface area (Å²) in [5.41, 5.74) is 5.04. The van der Waals surface area contributed by atoms with Crippen molar-refractivity contribution in [1.82, 2.24) is 0 Å². The number of morpholine rings is 2. The Bertz CT molecular complexity index is 1060. The van der Waals surface area contributed by atoms with Crippen molar-refractivity contribution < 1.29 is 17.9 Å². The molecule has 1 aliphatic carbocycles. The summed E-state index contributed by atoms with van der Waals surface area (Å²) in [6.07, 6.45) is 4.28. The Morgan fingerprint density at radius 2 is 1.41 bits per heavy atom. The summed E-state index contributed by atoms with van der Waals surface area (Å²) in [5.74, 6) is 0. The van der Waals surface area contributed by atoms with Crippen molar-refractivity contribution in [3.63, 3.8) is 0 Å². The van der Waals surface area contributed by atoms with Gasteiger partial charge in [-0.15, -0.1) is 0 Å². The Balaban J connectivity index is 1.46. The van der Waals surface area contributed by atoms with Crippen LogP contribution in [0.15, 0.2) is 41.3 Å². The molecule has 2 fully saturated rings. The van der Waals surface area contributed by atoms with Crippen LogP contribution in [-0.4, -0.2) is 61.0 Å². The number of fused-ring (bicyclic) bond motifs is 1. The van der Waals surface area contributed by atoms with Gasteiger partial charge in [-0.05, 0) is 67.1 Å². The highest BCUT2D eigenvalue weighted by Crippen LogP contribution is 2.34. The van der Waals surface area contributed by atoms with Gasteiger partial charge in [-0.3, -0.25) is 4.72 Å². The maximum absolute atomic E-state index is 13.3. The van der Waals surface area contributed by atoms with Gasteiger partial charge in [-0.2, -0.15) is 0 Å². The van der Waals surface area contributed by atoms with Gasteiger partial charge in [-0.25, -0.2) is 8.42 Å². The highest BCUT2D eigenvalue weighted by Gasteiger charge is 2.23. The fraction of sp³-hybridized carbons (Fsp3) is 0.500. The number of anilines is 3. The van der Waals surface area contributed by atoms with E-state index in [0.717, 1.165) is 62.4 Å². The van der Waals surface area contributed by atoms with Gasteiger partial charge in [0.2, 0.25) is 0 Å². The smallest absolute Gasteiger partial charge is 0.261 e. The van der Waals surface area contributed by atoms with Gasteiger partial charge in [-0.1, -0.05) is 6.07 Å². The number of benzene rings is 2. The van der Waals surface area contributed by atoms with Crippen molar-refractivity contribution >= 4 is 27.1 Å². The normalized spacial score (nSPS) is 19.5. The minimum absolute atomic E-state index is 0.336. The number of sulfonamides is 1. The van der Waals surface area contributed by atoms with Crippen molar-refractivity contribution in [2.24, 2.45) is 0 Å². The minimum atomic E-state index is -3.69. The molecule has 2 heterocycles. The zero-order chi connectivity index (χ0) is 22.0. The van der Waals surface area contributed by atoms with E-state index >= 15 is 0 Å². The number of hydrogen-bond acceptors (Lipinski definition) is 6. The summed E-state index contributed by atoms with van der Waals surface area (Å²) < 4.78 is 40.5. The molecular weight excluding hydrogens is 426 g/mol. The molecule has 1 N–H and O–H groups in total. The van der Waals surface area contributed by atoms with E-state index in [-0.39, 0.29) is 0 Å². The molecule has 2 aromatic carbocycles. The first-order valence-corrected chi connectivity index (χ1v) is 13.0. The second-order valence-corrected chi connectivity index (χ2v) is 10.3. The molecule has 2 aliphatic heterocycles. The lowest BCUT2D eigenvalue weighted by Crippen LogP contribution is -2.38. The highest BCUT2D eigenvalue weighted by molar-refractivity contribution is 7.92. The first kappa shape index (κ1) is 21.6. The topological polar surface area (TPSA) is 71.1 Å². The Hall–Kier alpha value is -2.29. The molecule has 0 spiro atoms. The van der Waals surface area contributed by atoms with E-state index < -0.39 is 10.0 Å². The molecule has 8 heteroatoms. The van der Waals surface area contributed by atoms with Gasteiger partial charge >= 0.3 is 0 Å². The van der Waals surface area contributed by atoms with E-state index in [0.29, 0.717) is 37.0 Å². The van der Waals surface area contributed by atoms with Crippen LogP contribution >= 0.6 is 0 Å². The Kier molecular flexibility index (Phi) is 6.26. The molecule has 172 valence electrons. The van der Waals surface area contributed by atoms with E-state index in [4.69, 9.17) is 9.47 Å². The average molecular weight is 458 g/mol. The maximum Gasteiger partial charge on any atom is 0.261 e. The Labute approximate surface area is 190 Å². The number of nitrogens with zero attached hydrogens (tertiary/aromatic N) is 2. The van der Waals surface area contributed by atoms with Crippen molar-refractivity contribution in [2.75, 3.05) is 67.1 Å². The van der Waals surface area contributed by atoms with Crippen LogP contribution in [0.25, 0.3) is 0 Å². The van der Waals surface area contributed by atoms with Gasteiger partial charge in [0.05, 0.1) is 42.7 Å². The van der Waals surface area contributed by atoms with Gasteiger partial charge in [0, 0.05) is 31.9 Å². The fourth-order valence-electron chi connectivity index (χ4n) is 4.77. The number of hydrogen-bond donors (Lipinski definition) is 1. The standard InChI is InChI=1S/C24H31N3O4S/c28-32(29,22-7-5-19-3-1-2-4-20(19)17-22)25-23-8-6-21(26-9-13-30-14-10-26)18-24(23)27-11-15-31-16-12-27/h5-8,17-18,25H,1-4,9-16H2. The largest absolute Gasteiger partial charge is 0.378 e.